The lowest BCUT2D eigenvalue weighted by Gasteiger charge is -2.27. The van der Waals surface area contributed by atoms with Crippen molar-refractivity contribution in [2.24, 2.45) is 11.3 Å². The number of anilines is 1. The van der Waals surface area contributed by atoms with Crippen LogP contribution in [0.1, 0.15) is 57.0 Å². The van der Waals surface area contributed by atoms with E-state index >= 15 is 0 Å². The molecule has 1 aromatic carbocycles. The fourth-order valence-electron chi connectivity index (χ4n) is 1.92. The number of amides is 1. The Morgan fingerprint density at radius 3 is 2.48 bits per heavy atom. The van der Waals surface area contributed by atoms with Crippen LogP contribution in [0.25, 0.3) is 0 Å². The standard InChI is InChI=1S/C18H30N2O/c1-7-10-19-16-9-8-15(11-13(16)2)17(21)20-12-14(3)18(4,5)6/h8-9,11,14,19H,7,10,12H2,1-6H3,(H,20,21). The van der Waals surface area contributed by atoms with Gasteiger partial charge in [0.25, 0.3) is 5.91 Å². The number of benzene rings is 1. The molecule has 3 heteroatoms. The minimum absolute atomic E-state index is 0.0104. The van der Waals surface area contributed by atoms with Gasteiger partial charge >= 0.3 is 0 Å². The summed E-state index contributed by atoms with van der Waals surface area (Å²) in [4.78, 5) is 12.2. The van der Waals surface area contributed by atoms with E-state index in [1.165, 1.54) is 0 Å². The number of nitrogens with one attached hydrogen (secondary N) is 2. The first-order chi connectivity index (χ1) is 9.75. The Morgan fingerprint density at radius 1 is 1.29 bits per heavy atom. The molecule has 1 unspecified atom stereocenters. The van der Waals surface area contributed by atoms with Crippen LogP contribution in [0.4, 0.5) is 5.69 Å². The highest BCUT2D eigenvalue weighted by Gasteiger charge is 2.20. The highest BCUT2D eigenvalue weighted by molar-refractivity contribution is 5.94. The van der Waals surface area contributed by atoms with Crippen LogP contribution in [0.5, 0.6) is 0 Å². The molecule has 3 nitrogen and oxygen atoms in total. The molecule has 1 atom stereocenters. The van der Waals surface area contributed by atoms with Crippen LogP contribution in [0, 0.1) is 18.3 Å². The highest BCUT2D eigenvalue weighted by atomic mass is 16.1. The fraction of sp³-hybridized carbons (Fsp3) is 0.611. The van der Waals surface area contributed by atoms with E-state index in [0.717, 1.165) is 29.8 Å². The minimum atomic E-state index is 0.0104. The van der Waals surface area contributed by atoms with Crippen LogP contribution in [0.3, 0.4) is 0 Å². The molecule has 0 fully saturated rings. The molecule has 0 aromatic heterocycles. The average Bonchev–Trinajstić information content (AvgIpc) is 2.41. The van der Waals surface area contributed by atoms with E-state index in [1.807, 2.05) is 25.1 Å². The Bertz CT molecular complexity index is 475. The molecule has 0 aliphatic carbocycles. The van der Waals surface area contributed by atoms with E-state index in [-0.39, 0.29) is 11.3 Å². The number of carbonyl (C=O) groups excluding carboxylic acids is 1. The van der Waals surface area contributed by atoms with Gasteiger partial charge in [-0.15, -0.1) is 0 Å². The lowest BCUT2D eigenvalue weighted by atomic mass is 9.82. The Morgan fingerprint density at radius 2 is 1.95 bits per heavy atom. The molecule has 118 valence electrons. The Kier molecular flexibility index (Phi) is 6.25. The van der Waals surface area contributed by atoms with Crippen LogP contribution in [-0.4, -0.2) is 19.0 Å². The van der Waals surface area contributed by atoms with Crippen molar-refractivity contribution in [1.82, 2.24) is 5.32 Å². The zero-order chi connectivity index (χ0) is 16.0. The van der Waals surface area contributed by atoms with Gasteiger partial charge in [0.2, 0.25) is 0 Å². The van der Waals surface area contributed by atoms with Gasteiger partial charge in [0.05, 0.1) is 0 Å². The summed E-state index contributed by atoms with van der Waals surface area (Å²) in [6.45, 7) is 14.6. The third-order valence-electron chi connectivity index (χ3n) is 4.10. The first kappa shape index (κ1) is 17.5. The predicted molar refractivity (Wildman–Crippen MR) is 90.9 cm³/mol. The predicted octanol–water partition coefficient (Wildman–Crippen LogP) is 4.23. The first-order valence-corrected chi connectivity index (χ1v) is 7.88. The van der Waals surface area contributed by atoms with Gasteiger partial charge in [-0.25, -0.2) is 0 Å². The summed E-state index contributed by atoms with van der Waals surface area (Å²) < 4.78 is 0. The molecule has 1 amide bonds. The second-order valence-corrected chi connectivity index (χ2v) is 6.93. The summed E-state index contributed by atoms with van der Waals surface area (Å²) >= 11 is 0. The molecule has 0 heterocycles. The van der Waals surface area contributed by atoms with Gasteiger partial charge in [-0.1, -0.05) is 34.6 Å². The van der Waals surface area contributed by atoms with E-state index < -0.39 is 0 Å². The number of hydrogen-bond donors (Lipinski definition) is 2. The van der Waals surface area contributed by atoms with Crippen molar-refractivity contribution in [2.45, 2.75) is 48.0 Å². The Balaban J connectivity index is 2.65. The summed E-state index contributed by atoms with van der Waals surface area (Å²) in [7, 11) is 0. The largest absolute Gasteiger partial charge is 0.385 e. The lowest BCUT2D eigenvalue weighted by molar-refractivity contribution is 0.0937. The molecule has 0 radical (unpaired) electrons. The Labute approximate surface area is 129 Å². The molecule has 0 aliphatic rings. The maximum absolute atomic E-state index is 12.2. The van der Waals surface area contributed by atoms with E-state index in [2.05, 4.69) is 45.3 Å². The molecule has 0 saturated heterocycles. The minimum Gasteiger partial charge on any atom is -0.385 e. The fourth-order valence-corrected chi connectivity index (χ4v) is 1.92. The smallest absolute Gasteiger partial charge is 0.251 e. The molecule has 1 rings (SSSR count). The van der Waals surface area contributed by atoms with Crippen molar-refractivity contribution < 1.29 is 4.79 Å². The zero-order valence-electron chi connectivity index (χ0n) is 14.3. The van der Waals surface area contributed by atoms with Crippen LogP contribution >= 0.6 is 0 Å². The average molecular weight is 290 g/mol. The van der Waals surface area contributed by atoms with Crippen molar-refractivity contribution in [3.63, 3.8) is 0 Å². The van der Waals surface area contributed by atoms with E-state index in [1.54, 1.807) is 0 Å². The molecule has 0 spiro atoms. The van der Waals surface area contributed by atoms with Crippen LogP contribution in [0.2, 0.25) is 0 Å². The van der Waals surface area contributed by atoms with E-state index in [0.29, 0.717) is 12.5 Å². The summed E-state index contributed by atoms with van der Waals surface area (Å²) in [6, 6.07) is 5.84. The van der Waals surface area contributed by atoms with Crippen molar-refractivity contribution in [3.8, 4) is 0 Å². The van der Waals surface area contributed by atoms with Gasteiger partial charge in [0.1, 0.15) is 0 Å². The topological polar surface area (TPSA) is 41.1 Å². The van der Waals surface area contributed by atoms with Crippen LogP contribution in [0.15, 0.2) is 18.2 Å². The maximum Gasteiger partial charge on any atom is 0.251 e. The summed E-state index contributed by atoms with van der Waals surface area (Å²) in [5.74, 6) is 0.448. The third-order valence-corrected chi connectivity index (χ3v) is 4.10. The molecular formula is C18H30N2O. The highest BCUT2D eigenvalue weighted by Crippen LogP contribution is 2.24. The number of hydrogen-bond acceptors (Lipinski definition) is 2. The van der Waals surface area contributed by atoms with Gasteiger partial charge < -0.3 is 10.6 Å². The van der Waals surface area contributed by atoms with Gasteiger partial charge in [-0.2, -0.15) is 0 Å². The van der Waals surface area contributed by atoms with Crippen LogP contribution < -0.4 is 10.6 Å². The first-order valence-electron chi connectivity index (χ1n) is 7.88. The molecular weight excluding hydrogens is 260 g/mol. The molecule has 2 N–H and O–H groups in total. The number of rotatable bonds is 6. The quantitative estimate of drug-likeness (QED) is 0.823. The Hall–Kier alpha value is -1.51. The summed E-state index contributed by atoms with van der Waals surface area (Å²) in [5.41, 5.74) is 3.16. The second kappa shape index (κ2) is 7.48. The summed E-state index contributed by atoms with van der Waals surface area (Å²) in [6.07, 6.45) is 1.09. The van der Waals surface area contributed by atoms with Crippen molar-refractivity contribution in [1.29, 1.82) is 0 Å². The van der Waals surface area contributed by atoms with Gasteiger partial charge in [-0.05, 0) is 48.4 Å². The molecule has 0 saturated carbocycles. The van der Waals surface area contributed by atoms with Gasteiger partial charge in [0.15, 0.2) is 0 Å². The number of carbonyl (C=O) groups is 1. The normalized spacial score (nSPS) is 12.9. The third kappa shape index (κ3) is 5.41. The van der Waals surface area contributed by atoms with Crippen molar-refractivity contribution in [3.05, 3.63) is 29.3 Å². The molecule has 21 heavy (non-hydrogen) atoms. The SMILES string of the molecule is CCCNc1ccc(C(=O)NCC(C)C(C)(C)C)cc1C. The second-order valence-electron chi connectivity index (χ2n) is 6.93. The van der Waals surface area contributed by atoms with E-state index in [9.17, 15) is 4.79 Å². The van der Waals surface area contributed by atoms with Gasteiger partial charge in [0, 0.05) is 24.3 Å². The molecule has 0 aliphatic heterocycles. The van der Waals surface area contributed by atoms with Crippen LogP contribution in [-0.2, 0) is 0 Å². The maximum atomic E-state index is 12.2. The van der Waals surface area contributed by atoms with Gasteiger partial charge in [-0.3, -0.25) is 4.79 Å². The van der Waals surface area contributed by atoms with Crippen molar-refractivity contribution in [2.75, 3.05) is 18.4 Å². The zero-order valence-corrected chi connectivity index (χ0v) is 14.3. The monoisotopic (exact) mass is 290 g/mol. The number of aryl methyl sites for hydroxylation is 1. The van der Waals surface area contributed by atoms with E-state index in [4.69, 9.17) is 0 Å². The lowest BCUT2D eigenvalue weighted by Crippen LogP contribution is -2.33. The van der Waals surface area contributed by atoms with Crippen molar-refractivity contribution >= 4 is 11.6 Å². The molecule has 0 bridgehead atoms. The molecule has 1 aromatic rings. The summed E-state index contributed by atoms with van der Waals surface area (Å²) in [5, 5.41) is 6.40.